The highest BCUT2D eigenvalue weighted by molar-refractivity contribution is 5.45. The Morgan fingerprint density at radius 3 is 2.64 bits per heavy atom. The molecular weight excluding hydrogens is 278 g/mol. The highest BCUT2D eigenvalue weighted by Crippen LogP contribution is 2.30. The molecule has 0 amide bonds. The van der Waals surface area contributed by atoms with Gasteiger partial charge in [0.25, 0.3) is 0 Å². The quantitative estimate of drug-likeness (QED) is 0.849. The van der Waals surface area contributed by atoms with Crippen LogP contribution in [0.25, 0.3) is 0 Å². The predicted molar refractivity (Wildman–Crippen MR) is 87.3 cm³/mol. The van der Waals surface area contributed by atoms with Gasteiger partial charge in [0.2, 0.25) is 5.95 Å². The zero-order chi connectivity index (χ0) is 15.9. The van der Waals surface area contributed by atoms with Gasteiger partial charge < -0.3 is 14.8 Å². The zero-order valence-corrected chi connectivity index (χ0v) is 13.5. The summed E-state index contributed by atoms with van der Waals surface area (Å²) >= 11 is 0. The van der Waals surface area contributed by atoms with Crippen LogP contribution in [0.2, 0.25) is 0 Å². The summed E-state index contributed by atoms with van der Waals surface area (Å²) in [5.41, 5.74) is 2.08. The predicted octanol–water partition coefficient (Wildman–Crippen LogP) is 3.43. The van der Waals surface area contributed by atoms with E-state index in [1.54, 1.807) is 20.4 Å². The lowest BCUT2D eigenvalue weighted by molar-refractivity contribution is 0.354. The van der Waals surface area contributed by atoms with Gasteiger partial charge in [-0.3, -0.25) is 0 Å². The largest absolute Gasteiger partial charge is 0.493 e. The van der Waals surface area contributed by atoms with Crippen LogP contribution in [0.3, 0.4) is 0 Å². The fourth-order valence-electron chi connectivity index (χ4n) is 2.19. The molecule has 5 nitrogen and oxygen atoms in total. The summed E-state index contributed by atoms with van der Waals surface area (Å²) in [5, 5.41) is 3.31. The van der Waals surface area contributed by atoms with Crippen LogP contribution < -0.4 is 14.8 Å². The van der Waals surface area contributed by atoms with Crippen molar-refractivity contribution in [3.63, 3.8) is 0 Å². The first-order chi connectivity index (χ1) is 10.7. The summed E-state index contributed by atoms with van der Waals surface area (Å²) in [6.07, 6.45) is 4.68. The van der Waals surface area contributed by atoms with Crippen LogP contribution >= 0.6 is 0 Å². The molecule has 0 saturated heterocycles. The molecule has 2 aromatic rings. The summed E-state index contributed by atoms with van der Waals surface area (Å²) in [6.45, 7) is 4.07. The number of anilines is 1. The summed E-state index contributed by atoms with van der Waals surface area (Å²) in [7, 11) is 3.26. The summed E-state index contributed by atoms with van der Waals surface area (Å²) in [5.74, 6) is 2.06. The maximum Gasteiger partial charge on any atom is 0.223 e. The molecule has 22 heavy (non-hydrogen) atoms. The Labute approximate surface area is 131 Å². The lowest BCUT2D eigenvalue weighted by atomic mass is 10.1. The smallest absolute Gasteiger partial charge is 0.223 e. The molecule has 0 saturated carbocycles. The van der Waals surface area contributed by atoms with Crippen LogP contribution in [0, 0.1) is 6.42 Å². The molecule has 2 rings (SSSR count). The van der Waals surface area contributed by atoms with Crippen molar-refractivity contribution in [2.45, 2.75) is 26.3 Å². The Balaban J connectivity index is 2.14. The highest BCUT2D eigenvalue weighted by Gasteiger charge is 2.11. The van der Waals surface area contributed by atoms with Gasteiger partial charge in [0.1, 0.15) is 0 Å². The van der Waals surface area contributed by atoms with Gasteiger partial charge in [-0.15, -0.1) is 0 Å². The van der Waals surface area contributed by atoms with Crippen molar-refractivity contribution < 1.29 is 9.47 Å². The van der Waals surface area contributed by atoms with E-state index in [0.717, 1.165) is 23.4 Å². The molecular formula is C17H22N3O2. The van der Waals surface area contributed by atoms with Crippen molar-refractivity contribution in [2.24, 2.45) is 0 Å². The van der Waals surface area contributed by atoms with Gasteiger partial charge in [-0.05, 0) is 43.5 Å². The Morgan fingerprint density at radius 1 is 1.18 bits per heavy atom. The van der Waals surface area contributed by atoms with Crippen LogP contribution in [0.15, 0.2) is 30.5 Å². The monoisotopic (exact) mass is 300 g/mol. The molecule has 1 aromatic heterocycles. The molecule has 0 fully saturated rings. The number of aromatic nitrogens is 2. The third-order valence-electron chi connectivity index (χ3n) is 3.38. The van der Waals surface area contributed by atoms with Crippen molar-refractivity contribution in [2.75, 3.05) is 19.5 Å². The first-order valence-electron chi connectivity index (χ1n) is 7.26. The van der Waals surface area contributed by atoms with E-state index in [-0.39, 0.29) is 6.04 Å². The van der Waals surface area contributed by atoms with E-state index in [9.17, 15) is 0 Å². The van der Waals surface area contributed by atoms with Crippen molar-refractivity contribution >= 4 is 5.95 Å². The molecule has 0 aliphatic rings. The van der Waals surface area contributed by atoms with E-state index in [1.165, 1.54) is 0 Å². The number of nitrogens with one attached hydrogen (secondary N) is 1. The van der Waals surface area contributed by atoms with Crippen LogP contribution in [0.4, 0.5) is 5.95 Å². The molecule has 1 N–H and O–H groups in total. The second-order valence-electron chi connectivity index (χ2n) is 4.96. The Kier molecular flexibility index (Phi) is 5.58. The van der Waals surface area contributed by atoms with Crippen LogP contribution in [-0.2, 0) is 6.42 Å². The number of hydrogen-bond acceptors (Lipinski definition) is 5. The highest BCUT2D eigenvalue weighted by atomic mass is 16.5. The SMILES string of the molecule is C[CH]Cc1ccnc(N[C@@H](C)c2ccc(OC)c(OC)c2)n1. The normalized spacial score (nSPS) is 11.8. The Hall–Kier alpha value is -2.30. The third-order valence-corrected chi connectivity index (χ3v) is 3.38. The average molecular weight is 300 g/mol. The van der Waals surface area contributed by atoms with Crippen molar-refractivity contribution in [1.29, 1.82) is 0 Å². The summed E-state index contributed by atoms with van der Waals surface area (Å²) in [6, 6.07) is 7.84. The van der Waals surface area contributed by atoms with Crippen LogP contribution in [-0.4, -0.2) is 24.2 Å². The summed E-state index contributed by atoms with van der Waals surface area (Å²) in [4.78, 5) is 8.77. The fourth-order valence-corrected chi connectivity index (χ4v) is 2.19. The first kappa shape index (κ1) is 16.1. The minimum absolute atomic E-state index is 0.0562. The lowest BCUT2D eigenvalue weighted by Gasteiger charge is -2.16. The van der Waals surface area contributed by atoms with E-state index < -0.39 is 0 Å². The molecule has 0 bridgehead atoms. The maximum absolute atomic E-state index is 5.34. The number of nitrogens with zero attached hydrogens (tertiary/aromatic N) is 2. The van der Waals surface area contributed by atoms with E-state index in [0.29, 0.717) is 11.7 Å². The van der Waals surface area contributed by atoms with E-state index in [1.807, 2.05) is 31.2 Å². The van der Waals surface area contributed by atoms with E-state index in [4.69, 9.17) is 9.47 Å². The molecule has 1 radical (unpaired) electrons. The molecule has 0 aliphatic carbocycles. The second kappa shape index (κ2) is 7.64. The molecule has 1 aromatic carbocycles. The molecule has 1 heterocycles. The molecule has 1 atom stereocenters. The van der Waals surface area contributed by atoms with Crippen molar-refractivity contribution in [3.05, 3.63) is 48.1 Å². The summed E-state index contributed by atoms with van der Waals surface area (Å²) < 4.78 is 10.6. The molecule has 0 spiro atoms. The number of rotatable bonds is 7. The molecule has 5 heteroatoms. The minimum atomic E-state index is 0.0562. The van der Waals surface area contributed by atoms with Gasteiger partial charge in [0.05, 0.1) is 20.3 Å². The van der Waals surface area contributed by atoms with Gasteiger partial charge in [-0.25, -0.2) is 9.97 Å². The van der Waals surface area contributed by atoms with E-state index >= 15 is 0 Å². The van der Waals surface area contributed by atoms with E-state index in [2.05, 4.69) is 28.6 Å². The first-order valence-corrected chi connectivity index (χ1v) is 7.26. The molecule has 0 unspecified atom stereocenters. The second-order valence-corrected chi connectivity index (χ2v) is 4.96. The van der Waals surface area contributed by atoms with Crippen molar-refractivity contribution in [3.8, 4) is 11.5 Å². The zero-order valence-electron chi connectivity index (χ0n) is 13.5. The standard InChI is InChI=1S/C17H22N3O2/c1-5-6-14-9-10-18-17(20-14)19-12(2)13-7-8-15(21-3)16(11-13)22-4/h5,7-12H,6H2,1-4H3,(H,18,19,20)/t12-/m0/s1. The number of benzene rings is 1. The van der Waals surface area contributed by atoms with Gasteiger partial charge >= 0.3 is 0 Å². The number of ether oxygens (including phenoxy) is 2. The molecule has 0 aliphatic heterocycles. The van der Waals surface area contributed by atoms with Crippen LogP contribution in [0.5, 0.6) is 11.5 Å². The molecule has 117 valence electrons. The van der Waals surface area contributed by atoms with Gasteiger partial charge in [-0.2, -0.15) is 0 Å². The van der Waals surface area contributed by atoms with Crippen LogP contribution in [0.1, 0.15) is 31.1 Å². The lowest BCUT2D eigenvalue weighted by Crippen LogP contribution is -2.10. The number of hydrogen-bond donors (Lipinski definition) is 1. The van der Waals surface area contributed by atoms with Crippen molar-refractivity contribution in [1.82, 2.24) is 9.97 Å². The third kappa shape index (κ3) is 3.87. The Bertz CT molecular complexity index is 617. The minimum Gasteiger partial charge on any atom is -0.493 e. The fraction of sp³-hybridized carbons (Fsp3) is 0.353. The maximum atomic E-state index is 5.34. The topological polar surface area (TPSA) is 56.3 Å². The van der Waals surface area contributed by atoms with Gasteiger partial charge in [-0.1, -0.05) is 13.0 Å². The average Bonchev–Trinajstić information content (AvgIpc) is 2.54. The van der Waals surface area contributed by atoms with Gasteiger partial charge in [0, 0.05) is 11.9 Å². The van der Waals surface area contributed by atoms with Gasteiger partial charge in [0.15, 0.2) is 11.5 Å². The number of methoxy groups -OCH3 is 2. The Morgan fingerprint density at radius 2 is 1.95 bits per heavy atom.